The van der Waals surface area contributed by atoms with E-state index < -0.39 is 0 Å². The summed E-state index contributed by atoms with van der Waals surface area (Å²) in [7, 11) is 0. The van der Waals surface area contributed by atoms with Gasteiger partial charge in [-0.25, -0.2) is 0 Å². The summed E-state index contributed by atoms with van der Waals surface area (Å²) in [5.74, 6) is 0. The van der Waals surface area contributed by atoms with Crippen molar-refractivity contribution in [2.24, 2.45) is 5.73 Å². The maximum atomic E-state index is 5.93. The number of nitrogens with two attached hydrogens (primary N) is 1. The molecule has 2 unspecified atom stereocenters. The van der Waals surface area contributed by atoms with Crippen LogP contribution in [0.2, 0.25) is 0 Å². The van der Waals surface area contributed by atoms with Gasteiger partial charge in [-0.2, -0.15) is 0 Å². The largest absolute Gasteiger partial charge is 0.326 e. The molecule has 1 saturated heterocycles. The molecule has 2 N–H and O–H groups in total. The number of rotatable bonds is 1. The molecular weight excluding hydrogens is 160 g/mol. The van der Waals surface area contributed by atoms with Crippen LogP contribution in [0.25, 0.3) is 0 Å². The Morgan fingerprint density at radius 1 is 1.46 bits per heavy atom. The van der Waals surface area contributed by atoms with Gasteiger partial charge in [0.1, 0.15) is 0 Å². The molecule has 0 aromatic carbocycles. The minimum absolute atomic E-state index is 0.406. The summed E-state index contributed by atoms with van der Waals surface area (Å²) in [6, 6.07) is 0.419. The SMILES string of the molecule is CC1(N2CCC(N)C2)CC=CCC1. The van der Waals surface area contributed by atoms with Crippen molar-refractivity contribution in [3.8, 4) is 0 Å². The molecule has 0 spiro atoms. The Balaban J connectivity index is 2.02. The second-order valence-electron chi connectivity index (χ2n) is 4.71. The third-order valence-corrected chi connectivity index (χ3v) is 3.56. The van der Waals surface area contributed by atoms with E-state index in [1.807, 2.05) is 0 Å². The maximum absolute atomic E-state index is 5.93. The molecular formula is C11H20N2. The number of likely N-dealkylation sites (tertiary alicyclic amines) is 1. The smallest absolute Gasteiger partial charge is 0.0219 e. The van der Waals surface area contributed by atoms with Gasteiger partial charge in [0.2, 0.25) is 0 Å². The zero-order valence-corrected chi connectivity index (χ0v) is 8.50. The van der Waals surface area contributed by atoms with Crippen LogP contribution in [-0.4, -0.2) is 29.6 Å². The van der Waals surface area contributed by atoms with Gasteiger partial charge in [-0.3, -0.25) is 4.90 Å². The lowest BCUT2D eigenvalue weighted by atomic mass is 9.86. The van der Waals surface area contributed by atoms with Crippen molar-refractivity contribution in [2.45, 2.75) is 44.2 Å². The zero-order valence-electron chi connectivity index (χ0n) is 8.50. The first-order valence-electron chi connectivity index (χ1n) is 5.36. The van der Waals surface area contributed by atoms with Crippen LogP contribution < -0.4 is 5.73 Å². The predicted molar refractivity (Wildman–Crippen MR) is 55.6 cm³/mol. The lowest BCUT2D eigenvalue weighted by Crippen LogP contribution is -2.46. The van der Waals surface area contributed by atoms with Crippen LogP contribution in [0.15, 0.2) is 12.2 Å². The van der Waals surface area contributed by atoms with Crippen molar-refractivity contribution >= 4 is 0 Å². The molecule has 0 aromatic heterocycles. The van der Waals surface area contributed by atoms with E-state index in [1.54, 1.807) is 0 Å². The average molecular weight is 180 g/mol. The summed E-state index contributed by atoms with van der Waals surface area (Å²) in [6.45, 7) is 4.68. The van der Waals surface area contributed by atoms with Crippen molar-refractivity contribution in [3.63, 3.8) is 0 Å². The third kappa shape index (κ3) is 1.79. The molecule has 2 rings (SSSR count). The van der Waals surface area contributed by atoms with Crippen LogP contribution in [0.1, 0.15) is 32.6 Å². The van der Waals surface area contributed by atoms with Crippen LogP contribution in [0.3, 0.4) is 0 Å². The molecule has 0 aromatic rings. The van der Waals surface area contributed by atoms with Crippen LogP contribution in [-0.2, 0) is 0 Å². The number of hydrogen-bond donors (Lipinski definition) is 1. The summed E-state index contributed by atoms with van der Waals surface area (Å²) in [5.41, 5.74) is 6.34. The van der Waals surface area contributed by atoms with Gasteiger partial charge in [-0.15, -0.1) is 0 Å². The summed E-state index contributed by atoms with van der Waals surface area (Å²) < 4.78 is 0. The van der Waals surface area contributed by atoms with E-state index >= 15 is 0 Å². The van der Waals surface area contributed by atoms with Gasteiger partial charge in [0.05, 0.1) is 0 Å². The molecule has 1 aliphatic heterocycles. The van der Waals surface area contributed by atoms with Crippen LogP contribution >= 0.6 is 0 Å². The number of hydrogen-bond acceptors (Lipinski definition) is 2. The highest BCUT2D eigenvalue weighted by Crippen LogP contribution is 2.31. The fourth-order valence-corrected chi connectivity index (χ4v) is 2.52. The molecule has 2 atom stereocenters. The van der Waals surface area contributed by atoms with E-state index in [4.69, 9.17) is 5.73 Å². The highest BCUT2D eigenvalue weighted by Gasteiger charge is 2.35. The van der Waals surface area contributed by atoms with Gasteiger partial charge in [0, 0.05) is 24.7 Å². The van der Waals surface area contributed by atoms with Crippen LogP contribution in [0, 0.1) is 0 Å². The van der Waals surface area contributed by atoms with E-state index in [0.717, 1.165) is 6.54 Å². The Bertz CT molecular complexity index is 212. The van der Waals surface area contributed by atoms with E-state index in [1.165, 1.54) is 32.2 Å². The molecule has 0 radical (unpaired) electrons. The standard InChI is InChI=1S/C11H20N2/c1-11(6-3-2-4-7-11)13-8-5-10(12)9-13/h2-3,10H,4-9,12H2,1H3. The Morgan fingerprint density at radius 3 is 2.85 bits per heavy atom. The Morgan fingerprint density at radius 2 is 2.31 bits per heavy atom. The fourth-order valence-electron chi connectivity index (χ4n) is 2.52. The lowest BCUT2D eigenvalue weighted by Gasteiger charge is -2.40. The molecule has 1 aliphatic carbocycles. The second-order valence-corrected chi connectivity index (χ2v) is 4.71. The van der Waals surface area contributed by atoms with Gasteiger partial charge in [0.25, 0.3) is 0 Å². The van der Waals surface area contributed by atoms with Crippen LogP contribution in [0.5, 0.6) is 0 Å². The Kier molecular flexibility index (Phi) is 2.43. The highest BCUT2D eigenvalue weighted by atomic mass is 15.2. The molecule has 0 bridgehead atoms. The average Bonchev–Trinajstić information content (AvgIpc) is 2.54. The normalized spacial score (nSPS) is 41.2. The van der Waals surface area contributed by atoms with Gasteiger partial charge in [0.15, 0.2) is 0 Å². The zero-order chi connectivity index (χ0) is 9.31. The first-order valence-corrected chi connectivity index (χ1v) is 5.36. The lowest BCUT2D eigenvalue weighted by molar-refractivity contribution is 0.122. The van der Waals surface area contributed by atoms with Crippen molar-refractivity contribution in [2.75, 3.05) is 13.1 Å². The van der Waals surface area contributed by atoms with E-state index in [9.17, 15) is 0 Å². The third-order valence-electron chi connectivity index (χ3n) is 3.56. The topological polar surface area (TPSA) is 29.3 Å². The summed E-state index contributed by atoms with van der Waals surface area (Å²) in [6.07, 6.45) is 9.56. The quantitative estimate of drug-likeness (QED) is 0.620. The molecule has 74 valence electrons. The monoisotopic (exact) mass is 180 g/mol. The number of allylic oxidation sites excluding steroid dienone is 1. The van der Waals surface area contributed by atoms with Gasteiger partial charge >= 0.3 is 0 Å². The molecule has 0 saturated carbocycles. The Hall–Kier alpha value is -0.340. The highest BCUT2D eigenvalue weighted by molar-refractivity contribution is 5.03. The molecule has 13 heavy (non-hydrogen) atoms. The molecule has 2 nitrogen and oxygen atoms in total. The van der Waals surface area contributed by atoms with Gasteiger partial charge in [-0.05, 0) is 32.6 Å². The second kappa shape index (κ2) is 3.43. The van der Waals surface area contributed by atoms with Crippen molar-refractivity contribution in [1.82, 2.24) is 4.90 Å². The minimum atomic E-state index is 0.406. The Labute approximate surface area is 80.8 Å². The predicted octanol–water partition coefficient (Wildman–Crippen LogP) is 1.52. The van der Waals surface area contributed by atoms with Crippen molar-refractivity contribution < 1.29 is 0 Å². The molecule has 0 amide bonds. The summed E-state index contributed by atoms with van der Waals surface area (Å²) >= 11 is 0. The molecule has 2 aliphatic rings. The van der Waals surface area contributed by atoms with Gasteiger partial charge in [-0.1, -0.05) is 12.2 Å². The number of nitrogens with zero attached hydrogens (tertiary/aromatic N) is 1. The molecule has 1 fully saturated rings. The van der Waals surface area contributed by atoms with Gasteiger partial charge < -0.3 is 5.73 Å². The summed E-state index contributed by atoms with van der Waals surface area (Å²) in [5, 5.41) is 0. The fraction of sp³-hybridized carbons (Fsp3) is 0.818. The first-order chi connectivity index (χ1) is 6.21. The van der Waals surface area contributed by atoms with Crippen molar-refractivity contribution in [1.29, 1.82) is 0 Å². The van der Waals surface area contributed by atoms with E-state index in [-0.39, 0.29) is 0 Å². The van der Waals surface area contributed by atoms with Crippen LogP contribution in [0.4, 0.5) is 0 Å². The van der Waals surface area contributed by atoms with E-state index in [0.29, 0.717) is 11.6 Å². The van der Waals surface area contributed by atoms with Crippen molar-refractivity contribution in [3.05, 3.63) is 12.2 Å². The van der Waals surface area contributed by atoms with E-state index in [2.05, 4.69) is 24.0 Å². The minimum Gasteiger partial charge on any atom is -0.326 e. The molecule has 1 heterocycles. The maximum Gasteiger partial charge on any atom is 0.0219 e. The summed E-state index contributed by atoms with van der Waals surface area (Å²) in [4.78, 5) is 2.58. The first kappa shape index (κ1) is 9.22. The molecule has 2 heteroatoms.